The molecule has 0 saturated carbocycles. The van der Waals surface area contributed by atoms with Crippen molar-refractivity contribution in [2.24, 2.45) is 0 Å². The van der Waals surface area contributed by atoms with Gasteiger partial charge in [-0.1, -0.05) is 12.1 Å². The Labute approximate surface area is 141 Å². The van der Waals surface area contributed by atoms with E-state index in [9.17, 15) is 9.18 Å². The molecule has 0 aliphatic rings. The number of nitrogens with one attached hydrogen (secondary N) is 1. The zero-order valence-electron chi connectivity index (χ0n) is 12.5. The second-order valence-electron chi connectivity index (χ2n) is 4.91. The van der Waals surface area contributed by atoms with Gasteiger partial charge in [-0.3, -0.25) is 4.79 Å². The number of ether oxygens (including phenoxy) is 1. The fraction of sp³-hybridized carbons (Fsp3) is 0.0588. The van der Waals surface area contributed by atoms with E-state index in [1.165, 1.54) is 35.6 Å². The Bertz CT molecular complexity index is 849. The summed E-state index contributed by atoms with van der Waals surface area (Å²) in [5.74, 6) is -0.160. The number of nitrogens with two attached hydrogens (primary N) is 1. The number of hydrogen-bond acceptors (Lipinski definition) is 5. The maximum atomic E-state index is 12.8. The number of benzene rings is 2. The SMILES string of the molecule is Nc1nc(-c2ccccc2OCC(=O)Nc2ccc(F)cc2)cs1. The molecule has 0 bridgehead atoms. The fourth-order valence-electron chi connectivity index (χ4n) is 2.09. The highest BCUT2D eigenvalue weighted by Gasteiger charge is 2.11. The Morgan fingerprint density at radius 1 is 1.21 bits per heavy atom. The lowest BCUT2D eigenvalue weighted by Crippen LogP contribution is -2.20. The van der Waals surface area contributed by atoms with Gasteiger partial charge in [-0.15, -0.1) is 11.3 Å². The smallest absolute Gasteiger partial charge is 0.262 e. The van der Waals surface area contributed by atoms with Crippen LogP contribution in [0.15, 0.2) is 53.9 Å². The molecule has 7 heteroatoms. The minimum atomic E-state index is -0.360. The Kier molecular flexibility index (Phi) is 4.72. The Morgan fingerprint density at radius 3 is 2.67 bits per heavy atom. The molecule has 0 atom stereocenters. The molecule has 0 saturated heterocycles. The molecule has 0 aliphatic heterocycles. The lowest BCUT2D eigenvalue weighted by Gasteiger charge is -2.10. The number of aromatic nitrogens is 1. The molecule has 3 rings (SSSR count). The zero-order valence-corrected chi connectivity index (χ0v) is 13.3. The van der Waals surface area contributed by atoms with Gasteiger partial charge in [0.2, 0.25) is 0 Å². The quantitative estimate of drug-likeness (QED) is 0.743. The molecule has 1 heterocycles. The van der Waals surface area contributed by atoms with E-state index in [0.717, 1.165) is 5.56 Å². The summed E-state index contributed by atoms with van der Waals surface area (Å²) in [6, 6.07) is 12.8. The summed E-state index contributed by atoms with van der Waals surface area (Å²) in [4.78, 5) is 16.2. The molecule has 1 amide bonds. The van der Waals surface area contributed by atoms with Crippen molar-refractivity contribution in [1.29, 1.82) is 0 Å². The van der Waals surface area contributed by atoms with Crippen molar-refractivity contribution < 1.29 is 13.9 Å². The Hall–Kier alpha value is -2.93. The van der Waals surface area contributed by atoms with Crippen LogP contribution in [0.3, 0.4) is 0 Å². The molecule has 0 fully saturated rings. The van der Waals surface area contributed by atoms with Crippen LogP contribution in [-0.4, -0.2) is 17.5 Å². The predicted molar refractivity (Wildman–Crippen MR) is 92.5 cm³/mol. The third-order valence-electron chi connectivity index (χ3n) is 3.17. The number of carbonyl (C=O) groups is 1. The van der Waals surface area contributed by atoms with Crippen LogP contribution in [0.1, 0.15) is 0 Å². The van der Waals surface area contributed by atoms with E-state index in [-0.39, 0.29) is 18.3 Å². The van der Waals surface area contributed by atoms with Crippen LogP contribution in [0.5, 0.6) is 5.75 Å². The first kappa shape index (κ1) is 15.9. The van der Waals surface area contributed by atoms with Gasteiger partial charge in [0.25, 0.3) is 5.91 Å². The van der Waals surface area contributed by atoms with Crippen LogP contribution in [0.2, 0.25) is 0 Å². The molecule has 1 aromatic heterocycles. The van der Waals surface area contributed by atoms with Gasteiger partial charge in [-0.25, -0.2) is 9.37 Å². The third kappa shape index (κ3) is 3.88. The molecule has 2 aromatic carbocycles. The van der Waals surface area contributed by atoms with Crippen LogP contribution in [0.4, 0.5) is 15.2 Å². The fourth-order valence-corrected chi connectivity index (χ4v) is 2.65. The monoisotopic (exact) mass is 343 g/mol. The van der Waals surface area contributed by atoms with Crippen LogP contribution < -0.4 is 15.8 Å². The summed E-state index contributed by atoms with van der Waals surface area (Å²) in [5, 5.41) is 4.93. The molecular formula is C17H14FN3O2S. The van der Waals surface area contributed by atoms with Gasteiger partial charge in [-0.05, 0) is 36.4 Å². The lowest BCUT2D eigenvalue weighted by atomic mass is 10.1. The van der Waals surface area contributed by atoms with E-state index in [2.05, 4.69) is 10.3 Å². The Morgan fingerprint density at radius 2 is 1.96 bits per heavy atom. The second-order valence-corrected chi connectivity index (χ2v) is 5.80. The first-order chi connectivity index (χ1) is 11.6. The van der Waals surface area contributed by atoms with E-state index in [1.54, 1.807) is 6.07 Å². The van der Waals surface area contributed by atoms with Crippen LogP contribution in [-0.2, 0) is 4.79 Å². The van der Waals surface area contributed by atoms with Crippen molar-refractivity contribution in [3.63, 3.8) is 0 Å². The molecular weight excluding hydrogens is 329 g/mol. The maximum Gasteiger partial charge on any atom is 0.262 e. The van der Waals surface area contributed by atoms with Crippen molar-refractivity contribution in [2.75, 3.05) is 17.7 Å². The number of nitrogens with zero attached hydrogens (tertiary/aromatic N) is 1. The normalized spacial score (nSPS) is 10.4. The molecule has 0 spiro atoms. The van der Waals surface area contributed by atoms with Crippen LogP contribution >= 0.6 is 11.3 Å². The molecule has 0 radical (unpaired) electrons. The molecule has 122 valence electrons. The number of halogens is 1. The number of carbonyl (C=O) groups excluding carboxylic acids is 1. The van der Waals surface area contributed by atoms with Crippen molar-refractivity contribution in [1.82, 2.24) is 4.98 Å². The summed E-state index contributed by atoms with van der Waals surface area (Å²) in [6.45, 7) is -0.173. The van der Waals surface area contributed by atoms with Gasteiger partial charge in [0.05, 0.1) is 5.69 Å². The predicted octanol–water partition coefficient (Wildman–Crippen LogP) is 3.55. The van der Waals surface area contributed by atoms with Crippen molar-refractivity contribution >= 4 is 28.1 Å². The number of rotatable bonds is 5. The third-order valence-corrected chi connectivity index (χ3v) is 3.85. The molecule has 24 heavy (non-hydrogen) atoms. The number of thiazole rings is 1. The average Bonchev–Trinajstić information content (AvgIpc) is 3.02. The average molecular weight is 343 g/mol. The van der Waals surface area contributed by atoms with E-state index in [0.29, 0.717) is 22.3 Å². The van der Waals surface area contributed by atoms with Gasteiger partial charge in [-0.2, -0.15) is 0 Å². The lowest BCUT2D eigenvalue weighted by molar-refractivity contribution is -0.118. The van der Waals surface area contributed by atoms with Gasteiger partial charge in [0.1, 0.15) is 11.6 Å². The highest BCUT2D eigenvalue weighted by molar-refractivity contribution is 7.13. The number of nitrogen functional groups attached to an aromatic ring is 1. The molecule has 0 aliphatic carbocycles. The molecule has 3 N–H and O–H groups in total. The molecule has 3 aromatic rings. The highest BCUT2D eigenvalue weighted by atomic mass is 32.1. The standard InChI is InChI=1S/C17H14FN3O2S/c18-11-5-7-12(8-6-11)20-16(22)9-23-15-4-2-1-3-13(15)14-10-24-17(19)21-14/h1-8,10H,9H2,(H2,19,21)(H,20,22). The van der Waals surface area contributed by atoms with E-state index >= 15 is 0 Å². The summed E-state index contributed by atoms with van der Waals surface area (Å²) >= 11 is 1.34. The molecule has 0 unspecified atom stereocenters. The summed E-state index contributed by atoms with van der Waals surface area (Å²) in [7, 11) is 0. The van der Waals surface area contributed by atoms with Gasteiger partial charge in [0.15, 0.2) is 11.7 Å². The number of amides is 1. The van der Waals surface area contributed by atoms with E-state index < -0.39 is 0 Å². The largest absolute Gasteiger partial charge is 0.483 e. The van der Waals surface area contributed by atoms with Crippen molar-refractivity contribution in [3.8, 4) is 17.0 Å². The number of para-hydroxylation sites is 1. The van der Waals surface area contributed by atoms with Crippen LogP contribution in [0.25, 0.3) is 11.3 Å². The second kappa shape index (κ2) is 7.10. The summed E-state index contributed by atoms with van der Waals surface area (Å²) < 4.78 is 18.4. The van der Waals surface area contributed by atoms with Gasteiger partial charge >= 0.3 is 0 Å². The minimum Gasteiger partial charge on any atom is -0.483 e. The minimum absolute atomic E-state index is 0.173. The zero-order chi connectivity index (χ0) is 16.9. The van der Waals surface area contributed by atoms with Crippen molar-refractivity contribution in [2.45, 2.75) is 0 Å². The highest BCUT2D eigenvalue weighted by Crippen LogP contribution is 2.31. The van der Waals surface area contributed by atoms with E-state index in [4.69, 9.17) is 10.5 Å². The summed E-state index contributed by atoms with van der Waals surface area (Å²) in [6.07, 6.45) is 0. The first-order valence-corrected chi connectivity index (χ1v) is 7.98. The Balaban J connectivity index is 1.66. The number of anilines is 2. The number of hydrogen-bond donors (Lipinski definition) is 2. The maximum absolute atomic E-state index is 12.8. The summed E-state index contributed by atoms with van der Waals surface area (Å²) in [5.41, 5.74) is 7.63. The van der Waals surface area contributed by atoms with Gasteiger partial charge in [0, 0.05) is 16.6 Å². The van der Waals surface area contributed by atoms with Crippen LogP contribution in [0, 0.1) is 5.82 Å². The molecule has 5 nitrogen and oxygen atoms in total. The van der Waals surface area contributed by atoms with Crippen molar-refractivity contribution in [3.05, 3.63) is 59.7 Å². The van der Waals surface area contributed by atoms with Gasteiger partial charge < -0.3 is 15.8 Å². The topological polar surface area (TPSA) is 77.2 Å². The first-order valence-electron chi connectivity index (χ1n) is 7.10. The van der Waals surface area contributed by atoms with E-state index in [1.807, 2.05) is 23.6 Å².